The summed E-state index contributed by atoms with van der Waals surface area (Å²) in [5.74, 6) is 3.31. The Kier molecular flexibility index (Phi) is 5.97. The Morgan fingerprint density at radius 2 is 1.79 bits per heavy atom. The molecule has 1 nitrogen and oxygen atoms in total. The SMILES string of the molecule is C=C1C[C@@]2(C)C(=CC1=O)C=C[C@H]1[C@@H]3CC[C@H](CCCCCCCC)[C@@]3(C)CC[C@@H]12. The third-order valence-electron chi connectivity index (χ3n) is 9.63. The molecule has 0 aliphatic heterocycles. The van der Waals surface area contributed by atoms with Crippen molar-refractivity contribution in [1.82, 2.24) is 0 Å². The van der Waals surface area contributed by atoms with Crippen molar-refractivity contribution in [1.29, 1.82) is 0 Å². The molecule has 6 atom stereocenters. The lowest BCUT2D eigenvalue weighted by Gasteiger charge is -2.56. The number of hydrogen-bond acceptors (Lipinski definition) is 1. The van der Waals surface area contributed by atoms with Crippen molar-refractivity contribution < 1.29 is 4.79 Å². The lowest BCUT2D eigenvalue weighted by atomic mass is 9.48. The lowest BCUT2D eigenvalue weighted by Crippen LogP contribution is -2.49. The smallest absolute Gasteiger partial charge is 0.181 e. The Hall–Kier alpha value is -1.11. The molecule has 0 amide bonds. The first-order valence-electron chi connectivity index (χ1n) is 12.5. The van der Waals surface area contributed by atoms with E-state index >= 15 is 0 Å². The van der Waals surface area contributed by atoms with Crippen molar-refractivity contribution in [2.45, 2.75) is 97.8 Å². The van der Waals surface area contributed by atoms with Crippen LogP contribution in [0.3, 0.4) is 0 Å². The fraction of sp³-hybridized carbons (Fsp3) is 0.750. The van der Waals surface area contributed by atoms with Gasteiger partial charge in [0.2, 0.25) is 0 Å². The number of rotatable bonds is 7. The maximum atomic E-state index is 12.2. The summed E-state index contributed by atoms with van der Waals surface area (Å²) in [6.45, 7) is 11.5. The second kappa shape index (κ2) is 8.20. The monoisotopic (exact) mass is 394 g/mol. The van der Waals surface area contributed by atoms with Gasteiger partial charge in [-0.3, -0.25) is 4.79 Å². The molecular weight excluding hydrogens is 352 g/mol. The first kappa shape index (κ1) is 21.1. The van der Waals surface area contributed by atoms with Crippen LogP contribution in [0.1, 0.15) is 97.8 Å². The standard InChI is InChI=1S/C28H42O/c1-5-6-7-8-9-10-11-21-13-15-24-23-14-12-22-18-26(29)20(2)19-28(22,4)25(23)16-17-27(21,24)3/h12,14,18,21,23-25H,2,5-11,13,15-17,19H2,1,3-4H3/t21-,23-,24-,25-,27+,28-/m0/s1. The summed E-state index contributed by atoms with van der Waals surface area (Å²) in [5.41, 5.74) is 2.77. The molecule has 160 valence electrons. The van der Waals surface area contributed by atoms with Crippen molar-refractivity contribution in [3.63, 3.8) is 0 Å². The maximum Gasteiger partial charge on any atom is 0.181 e. The van der Waals surface area contributed by atoms with E-state index in [0.29, 0.717) is 17.3 Å². The molecule has 0 N–H and O–H groups in total. The van der Waals surface area contributed by atoms with Gasteiger partial charge >= 0.3 is 0 Å². The van der Waals surface area contributed by atoms with Crippen LogP contribution >= 0.6 is 0 Å². The van der Waals surface area contributed by atoms with Gasteiger partial charge < -0.3 is 0 Å². The summed E-state index contributed by atoms with van der Waals surface area (Å²) in [6.07, 6.45) is 23.1. The topological polar surface area (TPSA) is 17.1 Å². The molecule has 0 heterocycles. The minimum atomic E-state index is 0.128. The van der Waals surface area contributed by atoms with E-state index in [1.165, 1.54) is 76.2 Å². The number of hydrogen-bond donors (Lipinski definition) is 0. The van der Waals surface area contributed by atoms with E-state index in [-0.39, 0.29) is 11.2 Å². The van der Waals surface area contributed by atoms with Crippen molar-refractivity contribution in [2.75, 3.05) is 0 Å². The zero-order chi connectivity index (χ0) is 20.6. The lowest BCUT2D eigenvalue weighted by molar-refractivity contribution is -0.112. The highest BCUT2D eigenvalue weighted by molar-refractivity contribution is 6.05. The molecule has 2 saturated carbocycles. The molecule has 0 aromatic carbocycles. The summed E-state index contributed by atoms with van der Waals surface area (Å²) < 4.78 is 0. The second-order valence-corrected chi connectivity index (χ2v) is 11.2. The quantitative estimate of drug-likeness (QED) is 0.317. The predicted octanol–water partition coefficient (Wildman–Crippen LogP) is 7.83. The largest absolute Gasteiger partial charge is 0.290 e. The molecule has 4 aliphatic carbocycles. The van der Waals surface area contributed by atoms with Crippen LogP contribution in [-0.2, 0) is 4.79 Å². The van der Waals surface area contributed by atoms with Crippen LogP contribution in [0.15, 0.2) is 36.0 Å². The van der Waals surface area contributed by atoms with Gasteiger partial charge in [0.05, 0.1) is 0 Å². The molecule has 4 aliphatic rings. The highest BCUT2D eigenvalue weighted by Gasteiger charge is 2.57. The van der Waals surface area contributed by atoms with Crippen LogP contribution in [-0.4, -0.2) is 5.78 Å². The van der Waals surface area contributed by atoms with Crippen LogP contribution in [0.2, 0.25) is 0 Å². The minimum Gasteiger partial charge on any atom is -0.290 e. The third-order valence-corrected chi connectivity index (χ3v) is 9.63. The molecule has 4 rings (SSSR count). The number of ketones is 1. The van der Waals surface area contributed by atoms with Crippen LogP contribution in [0.4, 0.5) is 0 Å². The van der Waals surface area contributed by atoms with Gasteiger partial charge in [0.25, 0.3) is 0 Å². The second-order valence-electron chi connectivity index (χ2n) is 11.2. The van der Waals surface area contributed by atoms with E-state index < -0.39 is 0 Å². The predicted molar refractivity (Wildman–Crippen MR) is 123 cm³/mol. The van der Waals surface area contributed by atoms with Crippen molar-refractivity contribution in [2.24, 2.45) is 34.5 Å². The summed E-state index contributed by atoms with van der Waals surface area (Å²) in [4.78, 5) is 12.2. The average Bonchev–Trinajstić information content (AvgIpc) is 3.02. The molecule has 2 fully saturated rings. The van der Waals surface area contributed by atoms with Gasteiger partial charge in [-0.05, 0) is 84.8 Å². The van der Waals surface area contributed by atoms with Gasteiger partial charge in [0.15, 0.2) is 5.78 Å². The van der Waals surface area contributed by atoms with Gasteiger partial charge in [0.1, 0.15) is 0 Å². The molecule has 1 heteroatoms. The Morgan fingerprint density at radius 1 is 1.03 bits per heavy atom. The Bertz CT molecular complexity index is 712. The summed E-state index contributed by atoms with van der Waals surface area (Å²) >= 11 is 0. The average molecular weight is 395 g/mol. The fourth-order valence-electron chi connectivity index (χ4n) is 7.80. The van der Waals surface area contributed by atoms with E-state index in [9.17, 15) is 4.79 Å². The fourth-order valence-corrected chi connectivity index (χ4v) is 7.80. The van der Waals surface area contributed by atoms with Gasteiger partial charge in [-0.1, -0.05) is 78.0 Å². The third kappa shape index (κ3) is 3.61. The number of fused-ring (bicyclic) bond motifs is 5. The molecule has 0 spiro atoms. The Labute approximate surface area is 179 Å². The summed E-state index contributed by atoms with van der Waals surface area (Å²) in [7, 11) is 0. The maximum absolute atomic E-state index is 12.2. The highest BCUT2D eigenvalue weighted by Crippen LogP contribution is 2.65. The summed E-state index contributed by atoms with van der Waals surface area (Å²) in [5, 5.41) is 0. The van der Waals surface area contributed by atoms with Gasteiger partial charge in [-0.15, -0.1) is 0 Å². The normalized spacial score (nSPS) is 41.0. The first-order chi connectivity index (χ1) is 13.9. The molecule has 0 bridgehead atoms. The van der Waals surface area contributed by atoms with Crippen molar-refractivity contribution >= 4 is 5.78 Å². The number of allylic oxidation sites excluding steroid dienone is 5. The van der Waals surface area contributed by atoms with E-state index in [1.54, 1.807) is 0 Å². The van der Waals surface area contributed by atoms with Crippen LogP contribution < -0.4 is 0 Å². The van der Waals surface area contributed by atoms with Crippen LogP contribution in [0.5, 0.6) is 0 Å². The van der Waals surface area contributed by atoms with E-state index in [4.69, 9.17) is 0 Å². The molecule has 0 aromatic heterocycles. The molecular formula is C28H42O. The van der Waals surface area contributed by atoms with Gasteiger partial charge in [-0.25, -0.2) is 0 Å². The van der Waals surface area contributed by atoms with Crippen LogP contribution in [0.25, 0.3) is 0 Å². The molecule has 0 aromatic rings. The first-order valence-corrected chi connectivity index (χ1v) is 12.5. The Balaban J connectivity index is 1.45. The van der Waals surface area contributed by atoms with Gasteiger partial charge in [0, 0.05) is 5.41 Å². The molecule has 0 unspecified atom stereocenters. The zero-order valence-corrected chi connectivity index (χ0v) is 19.1. The van der Waals surface area contributed by atoms with Crippen molar-refractivity contribution in [3.8, 4) is 0 Å². The number of carbonyl (C=O) groups excluding carboxylic acids is 1. The van der Waals surface area contributed by atoms with E-state index in [1.807, 2.05) is 6.08 Å². The highest BCUT2D eigenvalue weighted by atomic mass is 16.1. The minimum absolute atomic E-state index is 0.128. The van der Waals surface area contributed by atoms with Crippen LogP contribution in [0, 0.1) is 34.5 Å². The summed E-state index contributed by atoms with van der Waals surface area (Å²) in [6, 6.07) is 0. The van der Waals surface area contributed by atoms with E-state index in [0.717, 1.165) is 23.8 Å². The van der Waals surface area contributed by atoms with E-state index in [2.05, 4.69) is 39.5 Å². The molecule has 0 radical (unpaired) electrons. The van der Waals surface area contributed by atoms with Crippen molar-refractivity contribution in [3.05, 3.63) is 36.0 Å². The number of carbonyl (C=O) groups is 1. The zero-order valence-electron chi connectivity index (χ0n) is 19.1. The number of unbranched alkanes of at least 4 members (excludes halogenated alkanes) is 5. The van der Waals surface area contributed by atoms with Gasteiger partial charge in [-0.2, -0.15) is 0 Å². The molecule has 29 heavy (non-hydrogen) atoms. The molecule has 0 saturated heterocycles. The Morgan fingerprint density at radius 3 is 2.59 bits per heavy atom.